The Morgan fingerprint density at radius 1 is 1.20 bits per heavy atom. The number of hydrogen-bond acceptors (Lipinski definition) is 8. The number of nitrogens with zero attached hydrogens (tertiary/aromatic N) is 6. The smallest absolute Gasteiger partial charge is 0.227 e. The van der Waals surface area contributed by atoms with E-state index in [9.17, 15) is 5.11 Å². The van der Waals surface area contributed by atoms with E-state index in [4.69, 9.17) is 0 Å². The molecule has 0 aliphatic heterocycles. The van der Waals surface area contributed by atoms with Gasteiger partial charge in [-0.2, -0.15) is 9.97 Å². The molecule has 3 aromatic heterocycles. The summed E-state index contributed by atoms with van der Waals surface area (Å²) >= 11 is 0. The third-order valence-corrected chi connectivity index (χ3v) is 3.83. The summed E-state index contributed by atoms with van der Waals surface area (Å²) in [5, 5.41) is 15.7. The number of anilines is 3. The van der Waals surface area contributed by atoms with Crippen molar-refractivity contribution in [2.24, 2.45) is 0 Å². The van der Waals surface area contributed by atoms with Gasteiger partial charge >= 0.3 is 0 Å². The van der Waals surface area contributed by atoms with Crippen molar-refractivity contribution in [3.63, 3.8) is 0 Å². The van der Waals surface area contributed by atoms with E-state index in [0.717, 1.165) is 6.42 Å². The monoisotopic (exact) mass is 342 g/mol. The number of fused-ring (bicyclic) bond motifs is 1. The topological polar surface area (TPSA) is 114 Å². The normalized spacial score (nSPS) is 12.5. The molecule has 3 rings (SSSR count). The lowest BCUT2D eigenvalue weighted by molar-refractivity contribution is 0.271. The van der Waals surface area contributed by atoms with Gasteiger partial charge in [0.2, 0.25) is 5.95 Å². The third kappa shape index (κ3) is 3.66. The van der Waals surface area contributed by atoms with Gasteiger partial charge in [-0.25, -0.2) is 9.97 Å². The zero-order valence-electron chi connectivity index (χ0n) is 14.5. The van der Waals surface area contributed by atoms with Crippen molar-refractivity contribution >= 4 is 28.7 Å². The first-order valence-corrected chi connectivity index (χ1v) is 8.27. The molecule has 0 unspecified atom stereocenters. The predicted octanol–water partition coefficient (Wildman–Crippen LogP) is 2.12. The second-order valence-corrected chi connectivity index (χ2v) is 5.96. The summed E-state index contributed by atoms with van der Waals surface area (Å²) in [5.41, 5.74) is 1.37. The summed E-state index contributed by atoms with van der Waals surface area (Å²) in [6.45, 7) is 6.13. The van der Waals surface area contributed by atoms with E-state index in [1.807, 2.05) is 11.5 Å². The number of aromatic nitrogens is 6. The maximum atomic E-state index is 9.44. The van der Waals surface area contributed by atoms with Crippen LogP contribution in [0.1, 0.15) is 33.2 Å². The largest absolute Gasteiger partial charge is 0.394 e. The van der Waals surface area contributed by atoms with Gasteiger partial charge in [-0.05, 0) is 20.3 Å². The molecule has 1 atom stereocenters. The quantitative estimate of drug-likeness (QED) is 0.598. The number of aliphatic hydroxyl groups is 1. The Labute approximate surface area is 145 Å². The van der Waals surface area contributed by atoms with Crippen LogP contribution in [-0.2, 0) is 0 Å². The molecule has 132 valence electrons. The van der Waals surface area contributed by atoms with Crippen LogP contribution in [0.15, 0.2) is 24.9 Å². The van der Waals surface area contributed by atoms with Gasteiger partial charge in [-0.15, -0.1) is 0 Å². The van der Waals surface area contributed by atoms with Gasteiger partial charge in [-0.1, -0.05) is 6.92 Å². The van der Waals surface area contributed by atoms with E-state index in [-0.39, 0.29) is 18.7 Å². The van der Waals surface area contributed by atoms with Crippen molar-refractivity contribution in [2.75, 3.05) is 17.2 Å². The van der Waals surface area contributed by atoms with Gasteiger partial charge in [0, 0.05) is 18.4 Å². The fourth-order valence-electron chi connectivity index (χ4n) is 2.39. The van der Waals surface area contributed by atoms with Gasteiger partial charge in [-0.3, -0.25) is 4.98 Å². The van der Waals surface area contributed by atoms with Crippen LogP contribution >= 0.6 is 0 Å². The number of hydrogen-bond donors (Lipinski definition) is 3. The molecule has 0 spiro atoms. The molecule has 0 fully saturated rings. The first-order valence-electron chi connectivity index (χ1n) is 8.27. The van der Waals surface area contributed by atoms with E-state index < -0.39 is 0 Å². The van der Waals surface area contributed by atoms with Crippen molar-refractivity contribution < 1.29 is 5.11 Å². The summed E-state index contributed by atoms with van der Waals surface area (Å²) in [5.74, 6) is 1.55. The van der Waals surface area contributed by atoms with Crippen molar-refractivity contribution in [1.29, 1.82) is 0 Å². The Morgan fingerprint density at radius 2 is 2.04 bits per heavy atom. The molecule has 3 aromatic rings. The molecular formula is C16H22N8O. The summed E-state index contributed by atoms with van der Waals surface area (Å²) < 4.78 is 1.98. The van der Waals surface area contributed by atoms with Gasteiger partial charge < -0.3 is 20.3 Å². The van der Waals surface area contributed by atoms with Gasteiger partial charge in [0.1, 0.15) is 5.82 Å². The highest BCUT2D eigenvalue weighted by molar-refractivity contribution is 5.86. The predicted molar refractivity (Wildman–Crippen MR) is 95.8 cm³/mol. The number of aliphatic hydroxyl groups excluding tert-OH is 1. The van der Waals surface area contributed by atoms with Crippen LogP contribution in [-0.4, -0.2) is 47.2 Å². The fourth-order valence-corrected chi connectivity index (χ4v) is 2.39. The number of imidazole rings is 1. The van der Waals surface area contributed by atoms with E-state index in [1.165, 1.54) is 0 Å². The molecular weight excluding hydrogens is 320 g/mol. The molecule has 25 heavy (non-hydrogen) atoms. The Kier molecular flexibility index (Phi) is 5.03. The Bertz CT molecular complexity index is 829. The maximum Gasteiger partial charge on any atom is 0.227 e. The van der Waals surface area contributed by atoms with Crippen molar-refractivity contribution in [3.05, 3.63) is 24.9 Å². The molecule has 0 radical (unpaired) electrons. The van der Waals surface area contributed by atoms with Crippen molar-refractivity contribution in [1.82, 2.24) is 29.5 Å². The molecule has 9 nitrogen and oxygen atoms in total. The first-order chi connectivity index (χ1) is 12.1. The van der Waals surface area contributed by atoms with Crippen LogP contribution in [0.3, 0.4) is 0 Å². The van der Waals surface area contributed by atoms with Crippen LogP contribution in [0, 0.1) is 0 Å². The summed E-state index contributed by atoms with van der Waals surface area (Å²) in [6, 6.07) is 0.0918. The van der Waals surface area contributed by atoms with Crippen LogP contribution in [0.4, 0.5) is 17.6 Å². The van der Waals surface area contributed by atoms with Crippen LogP contribution in [0.25, 0.3) is 11.2 Å². The first kappa shape index (κ1) is 17.0. The Morgan fingerprint density at radius 3 is 2.68 bits per heavy atom. The van der Waals surface area contributed by atoms with Crippen molar-refractivity contribution in [3.8, 4) is 0 Å². The highest BCUT2D eigenvalue weighted by Crippen LogP contribution is 2.25. The van der Waals surface area contributed by atoms with Crippen LogP contribution < -0.4 is 10.6 Å². The molecule has 0 amide bonds. The van der Waals surface area contributed by atoms with E-state index in [1.54, 1.807) is 24.9 Å². The van der Waals surface area contributed by atoms with Crippen LogP contribution in [0.5, 0.6) is 0 Å². The Hall–Kier alpha value is -2.81. The van der Waals surface area contributed by atoms with Gasteiger partial charge in [0.05, 0.1) is 25.2 Å². The average molecular weight is 342 g/mol. The second-order valence-electron chi connectivity index (χ2n) is 5.96. The second kappa shape index (κ2) is 7.39. The SMILES string of the molecule is CC[C@H](CO)Nc1nc(Nc2cnccn2)c2ncn(C(C)C)c2n1. The lowest BCUT2D eigenvalue weighted by Gasteiger charge is -2.16. The third-order valence-electron chi connectivity index (χ3n) is 3.83. The van der Waals surface area contributed by atoms with Gasteiger partial charge in [0.15, 0.2) is 17.0 Å². The molecule has 0 aliphatic rings. The average Bonchev–Trinajstić information content (AvgIpc) is 3.05. The number of nitrogens with one attached hydrogen (secondary N) is 2. The highest BCUT2D eigenvalue weighted by atomic mass is 16.3. The highest BCUT2D eigenvalue weighted by Gasteiger charge is 2.16. The van der Waals surface area contributed by atoms with E-state index >= 15 is 0 Å². The molecule has 0 saturated heterocycles. The van der Waals surface area contributed by atoms with E-state index in [0.29, 0.717) is 28.7 Å². The minimum atomic E-state index is -0.114. The van der Waals surface area contributed by atoms with Gasteiger partial charge in [0.25, 0.3) is 0 Å². The summed E-state index contributed by atoms with van der Waals surface area (Å²) in [6.07, 6.45) is 7.33. The van der Waals surface area contributed by atoms with Crippen molar-refractivity contribution in [2.45, 2.75) is 39.3 Å². The zero-order chi connectivity index (χ0) is 17.8. The fraction of sp³-hybridized carbons (Fsp3) is 0.438. The minimum Gasteiger partial charge on any atom is -0.394 e. The molecule has 0 aliphatic carbocycles. The summed E-state index contributed by atoms with van der Waals surface area (Å²) in [7, 11) is 0. The molecule has 0 bridgehead atoms. The summed E-state index contributed by atoms with van der Waals surface area (Å²) in [4.78, 5) is 21.8. The lowest BCUT2D eigenvalue weighted by atomic mass is 10.2. The number of rotatable bonds is 7. The van der Waals surface area contributed by atoms with Crippen LogP contribution in [0.2, 0.25) is 0 Å². The standard InChI is InChI=1S/C16H22N8O/c1-4-11(8-25)20-16-22-14(21-12-7-17-5-6-18-12)13-15(23-16)24(9-19-13)10(2)3/h5-7,9-11,25H,4,8H2,1-3H3,(H2,18,20,21,22,23)/t11-/m1/s1. The lowest BCUT2D eigenvalue weighted by Crippen LogP contribution is -2.24. The molecule has 0 saturated carbocycles. The molecule has 3 heterocycles. The zero-order valence-corrected chi connectivity index (χ0v) is 14.5. The molecule has 3 N–H and O–H groups in total. The molecule has 0 aromatic carbocycles. The van der Waals surface area contributed by atoms with E-state index in [2.05, 4.69) is 49.4 Å². The Balaban J connectivity index is 2.06. The molecule has 9 heteroatoms. The minimum absolute atomic E-state index is 0.00820. The maximum absolute atomic E-state index is 9.44.